The first-order valence-electron chi connectivity index (χ1n) is 11.0. The molecule has 8 nitrogen and oxygen atoms in total. The monoisotopic (exact) mass is 467 g/mol. The lowest BCUT2D eigenvalue weighted by Gasteiger charge is -2.39. The van der Waals surface area contributed by atoms with Crippen LogP contribution >= 0.6 is 0 Å². The lowest BCUT2D eigenvalue weighted by atomic mass is 9.95. The van der Waals surface area contributed by atoms with Crippen molar-refractivity contribution >= 4 is 16.0 Å². The second kappa shape index (κ2) is 9.44. The van der Waals surface area contributed by atoms with Crippen LogP contribution in [-0.4, -0.2) is 42.6 Å². The molecule has 2 atom stereocenters. The second-order valence-electron chi connectivity index (χ2n) is 8.70. The topological polar surface area (TPSA) is 120 Å². The highest BCUT2D eigenvalue weighted by atomic mass is 32.2. The number of benzene rings is 1. The van der Waals surface area contributed by atoms with E-state index < -0.39 is 20.9 Å². The number of nitrogens with two attached hydrogens (primary N) is 1. The van der Waals surface area contributed by atoms with Crippen molar-refractivity contribution in [3.8, 4) is 11.1 Å². The summed E-state index contributed by atoms with van der Waals surface area (Å²) in [6, 6.07) is 7.09. The average Bonchev–Trinajstić information content (AvgIpc) is 2.78. The third kappa shape index (κ3) is 5.15. The maximum atomic E-state index is 13.4. The van der Waals surface area contributed by atoms with Crippen LogP contribution in [0.15, 0.2) is 71.8 Å². The molecular weight excluding hydrogens is 438 g/mol. The molecule has 0 amide bonds. The number of aliphatic imine (C=N–C) groups is 1. The van der Waals surface area contributed by atoms with Crippen molar-refractivity contribution < 1.29 is 13.2 Å². The van der Waals surface area contributed by atoms with Crippen LogP contribution in [0.2, 0.25) is 0 Å². The Bertz CT molecular complexity index is 1190. The smallest absolute Gasteiger partial charge is 0.299 e. The number of amidine groups is 1. The molecule has 1 aromatic heterocycles. The van der Waals surface area contributed by atoms with Crippen LogP contribution in [0.1, 0.15) is 43.9 Å². The number of hydrogen-bond acceptors (Lipinski definition) is 7. The van der Waals surface area contributed by atoms with Crippen LogP contribution in [0.4, 0.5) is 0 Å². The van der Waals surface area contributed by atoms with E-state index in [1.807, 2.05) is 24.3 Å². The van der Waals surface area contributed by atoms with E-state index in [0.717, 1.165) is 29.5 Å². The molecule has 1 saturated heterocycles. The van der Waals surface area contributed by atoms with Crippen molar-refractivity contribution in [1.82, 2.24) is 14.7 Å². The van der Waals surface area contributed by atoms with Gasteiger partial charge in [-0.05, 0) is 62.4 Å². The van der Waals surface area contributed by atoms with Gasteiger partial charge in [0.1, 0.15) is 17.2 Å². The third-order valence-electron chi connectivity index (χ3n) is 5.74. The highest BCUT2D eigenvalue weighted by Crippen LogP contribution is 2.39. The molecule has 1 aliphatic heterocycles. The van der Waals surface area contributed by atoms with Gasteiger partial charge in [-0.1, -0.05) is 36.4 Å². The van der Waals surface area contributed by atoms with E-state index in [-0.39, 0.29) is 12.1 Å². The van der Waals surface area contributed by atoms with Crippen molar-refractivity contribution in [2.45, 2.75) is 50.0 Å². The number of sulfonamides is 1. The lowest BCUT2D eigenvalue weighted by molar-refractivity contribution is 0.0762. The van der Waals surface area contributed by atoms with E-state index in [1.165, 1.54) is 6.33 Å². The van der Waals surface area contributed by atoms with Gasteiger partial charge in [-0.15, -0.1) is 0 Å². The van der Waals surface area contributed by atoms with Crippen molar-refractivity contribution in [3.05, 3.63) is 72.4 Å². The first kappa shape index (κ1) is 23.1. The summed E-state index contributed by atoms with van der Waals surface area (Å²) in [6.45, 7) is 3.96. The minimum absolute atomic E-state index is 0.00203. The molecule has 3 N–H and O–H groups in total. The highest BCUT2D eigenvalue weighted by Gasteiger charge is 2.48. The minimum Gasteiger partial charge on any atom is -0.457 e. The molecule has 2 heterocycles. The average molecular weight is 468 g/mol. The maximum absolute atomic E-state index is 13.4. The van der Waals surface area contributed by atoms with Crippen LogP contribution in [-0.2, 0) is 14.8 Å². The summed E-state index contributed by atoms with van der Waals surface area (Å²) in [5.41, 5.74) is 8.02. The summed E-state index contributed by atoms with van der Waals surface area (Å²) in [6.07, 6.45) is 13.6. The first-order chi connectivity index (χ1) is 15.8. The molecule has 1 aliphatic carbocycles. The van der Waals surface area contributed by atoms with Crippen LogP contribution in [0.25, 0.3) is 11.1 Å². The van der Waals surface area contributed by atoms with Gasteiger partial charge in [0.15, 0.2) is 0 Å². The number of hydrogen-bond donors (Lipinski definition) is 2. The summed E-state index contributed by atoms with van der Waals surface area (Å²) in [5.74, 6) is 0. The van der Waals surface area contributed by atoms with Crippen molar-refractivity contribution in [2.75, 3.05) is 6.54 Å². The predicted molar refractivity (Wildman–Crippen MR) is 129 cm³/mol. The van der Waals surface area contributed by atoms with Crippen LogP contribution in [0, 0.1) is 0 Å². The van der Waals surface area contributed by atoms with E-state index in [1.54, 1.807) is 32.3 Å². The second-order valence-corrected chi connectivity index (χ2v) is 10.5. The fourth-order valence-electron chi connectivity index (χ4n) is 4.33. The molecule has 9 heteroatoms. The minimum atomic E-state index is -3.83. The highest BCUT2D eigenvalue weighted by molar-refractivity contribution is 7.90. The van der Waals surface area contributed by atoms with Crippen LogP contribution < -0.4 is 10.5 Å². The summed E-state index contributed by atoms with van der Waals surface area (Å²) in [4.78, 5) is 12.7. The van der Waals surface area contributed by atoms with Gasteiger partial charge in [0.05, 0.1) is 6.04 Å². The largest absolute Gasteiger partial charge is 0.457 e. The third-order valence-corrected chi connectivity index (χ3v) is 7.66. The van der Waals surface area contributed by atoms with Gasteiger partial charge in [-0.25, -0.2) is 28.1 Å². The number of allylic oxidation sites excluding steroid dienone is 2. The molecule has 4 rings (SSSR count). The van der Waals surface area contributed by atoms with Gasteiger partial charge in [-0.3, -0.25) is 0 Å². The van der Waals surface area contributed by atoms with Crippen molar-refractivity contribution in [2.24, 2.45) is 10.7 Å². The Kier molecular flexibility index (Phi) is 6.62. The fraction of sp³-hybridized carbons (Fsp3) is 0.375. The molecule has 1 unspecified atom stereocenters. The Morgan fingerprint density at radius 2 is 2.03 bits per heavy atom. The number of ether oxygens (including phenoxy) is 1. The summed E-state index contributed by atoms with van der Waals surface area (Å²) >= 11 is 0. The van der Waals surface area contributed by atoms with Crippen molar-refractivity contribution in [1.29, 1.82) is 0 Å². The number of rotatable bonds is 6. The van der Waals surface area contributed by atoms with E-state index in [4.69, 9.17) is 10.5 Å². The molecule has 0 radical (unpaired) electrons. The molecule has 0 spiro atoms. The van der Waals surface area contributed by atoms with E-state index in [2.05, 4.69) is 31.8 Å². The Morgan fingerprint density at radius 3 is 2.70 bits per heavy atom. The Balaban J connectivity index is 1.66. The Morgan fingerprint density at radius 1 is 1.24 bits per heavy atom. The molecule has 1 aromatic carbocycles. The molecule has 2 aromatic rings. The normalized spacial score (nSPS) is 23.3. The Labute approximate surface area is 194 Å². The zero-order chi connectivity index (χ0) is 23.5. The van der Waals surface area contributed by atoms with Crippen LogP contribution in [0.5, 0.6) is 0 Å². The predicted octanol–water partition coefficient (Wildman–Crippen LogP) is 3.26. The molecule has 0 bridgehead atoms. The van der Waals surface area contributed by atoms with Gasteiger partial charge in [0.2, 0.25) is 10.0 Å². The lowest BCUT2D eigenvalue weighted by Crippen LogP contribution is -2.53. The van der Waals surface area contributed by atoms with Crippen molar-refractivity contribution in [3.63, 3.8) is 0 Å². The van der Waals surface area contributed by atoms with Gasteiger partial charge in [-0.2, -0.15) is 0 Å². The molecule has 174 valence electrons. The maximum Gasteiger partial charge on any atom is 0.299 e. The van der Waals surface area contributed by atoms with Gasteiger partial charge < -0.3 is 10.5 Å². The standard InChI is InChI=1S/C24H29N5O3S/c1-24(2)22(19-10-6-9-18(13-19)20-14-26-16-27-15-20)33(30,31)29-23(32-24)28-21(11-12-25)17-7-4-3-5-8-17/h4,6-10,13-16,21-22H,3,5,11-12,25H2,1-2H3,(H,28,29)/t21-,22?/m0/s1. The van der Waals surface area contributed by atoms with E-state index in [0.29, 0.717) is 18.5 Å². The quantitative estimate of drug-likeness (QED) is 0.673. The molecule has 2 aliphatic rings. The zero-order valence-electron chi connectivity index (χ0n) is 18.8. The Hall–Kier alpha value is -3.04. The van der Waals surface area contributed by atoms with E-state index in [9.17, 15) is 8.42 Å². The fourth-order valence-corrected chi connectivity index (χ4v) is 6.08. The summed E-state index contributed by atoms with van der Waals surface area (Å²) in [7, 11) is -3.83. The first-order valence-corrected chi connectivity index (χ1v) is 12.6. The summed E-state index contributed by atoms with van der Waals surface area (Å²) in [5, 5.41) is -0.935. The van der Waals surface area contributed by atoms with E-state index >= 15 is 0 Å². The SMILES string of the molecule is CC1(C)OC(=N[C@@H](CCN)C2=CCCC=C2)NS(=O)(=O)C1c1cccc(-c2cncnc2)c1. The number of aromatic nitrogens is 2. The van der Waals surface area contributed by atoms with Crippen LogP contribution in [0.3, 0.4) is 0 Å². The van der Waals surface area contributed by atoms with Gasteiger partial charge in [0, 0.05) is 18.0 Å². The molecule has 0 saturated carbocycles. The molecule has 33 heavy (non-hydrogen) atoms. The number of nitrogens with one attached hydrogen (secondary N) is 1. The zero-order valence-corrected chi connectivity index (χ0v) is 19.6. The van der Waals surface area contributed by atoms with Gasteiger partial charge >= 0.3 is 0 Å². The summed E-state index contributed by atoms with van der Waals surface area (Å²) < 4.78 is 35.5. The van der Waals surface area contributed by atoms with Gasteiger partial charge in [0.25, 0.3) is 6.02 Å². The molecule has 1 fully saturated rings. The number of nitrogens with zero attached hydrogens (tertiary/aromatic N) is 3. The molecular formula is C24H29N5O3S.